The molecule has 1 saturated heterocycles. The zero-order valence-corrected chi connectivity index (χ0v) is 14.0. The van der Waals surface area contributed by atoms with Crippen LogP contribution in [0.25, 0.3) is 6.08 Å². The molecule has 120 valence electrons. The van der Waals surface area contributed by atoms with Crippen LogP contribution in [0, 0.1) is 0 Å². The standard InChI is InChI=1S/C17H12N2O3S2/c20-15-13(10-11-6-8-18-9-7-11)24-17(23)19(15)14(16(21)22)12-4-2-1-3-5-12/h1-10,14H,(H,21,22). The lowest BCUT2D eigenvalue weighted by Crippen LogP contribution is -2.43. The van der Waals surface area contributed by atoms with E-state index in [1.165, 1.54) is 0 Å². The number of carbonyl (C=O) groups is 2. The number of carboxylic acid groups (broad SMARTS) is 1. The Kier molecular flexibility index (Phi) is 4.73. The summed E-state index contributed by atoms with van der Waals surface area (Å²) in [5.74, 6) is -1.80. The summed E-state index contributed by atoms with van der Waals surface area (Å²) < 4.78 is 0.201. The zero-order chi connectivity index (χ0) is 17.1. The summed E-state index contributed by atoms with van der Waals surface area (Å²) in [5, 5.41) is 11.6. The topological polar surface area (TPSA) is 74.6 Å². The van der Waals surface area contributed by atoms with Crippen LogP contribution in [-0.4, -0.2) is 21.1 Å². The number of amides is 1. The van der Waals surface area contributed by atoms with Crippen LogP contribution in [0.2, 0.25) is 0 Å². The van der Waals surface area contributed by atoms with Gasteiger partial charge in [0.15, 0.2) is 12.4 Å². The highest BCUT2D eigenvalue weighted by molar-refractivity contribution is 8.26. The van der Waals surface area contributed by atoms with Gasteiger partial charge in [-0.1, -0.05) is 54.3 Å². The van der Waals surface area contributed by atoms with Crippen molar-refractivity contribution in [2.45, 2.75) is 6.04 Å². The number of aromatic nitrogens is 1. The lowest BCUT2D eigenvalue weighted by atomic mass is 10.1. The van der Waals surface area contributed by atoms with E-state index < -0.39 is 17.9 Å². The first-order valence-electron chi connectivity index (χ1n) is 7.07. The summed E-state index contributed by atoms with van der Waals surface area (Å²) in [7, 11) is 0. The van der Waals surface area contributed by atoms with Gasteiger partial charge in [0, 0.05) is 12.1 Å². The first-order valence-corrected chi connectivity index (χ1v) is 8.29. The number of carboxylic acids is 1. The summed E-state index contributed by atoms with van der Waals surface area (Å²) in [5.41, 5.74) is 1.27. The fourth-order valence-electron chi connectivity index (χ4n) is 2.38. The molecule has 1 aromatic heterocycles. The molecule has 1 N–H and O–H groups in total. The molecule has 24 heavy (non-hydrogen) atoms. The molecule has 1 fully saturated rings. The third kappa shape index (κ3) is 3.22. The van der Waals surface area contributed by atoms with Crippen LogP contribution in [0.5, 0.6) is 0 Å². The molecule has 2 aromatic rings. The lowest BCUT2D eigenvalue weighted by molar-refractivity contribution is -0.378. The number of benzene rings is 1. The van der Waals surface area contributed by atoms with E-state index in [0.29, 0.717) is 10.5 Å². The van der Waals surface area contributed by atoms with Gasteiger partial charge in [-0.3, -0.25) is 9.69 Å². The number of rotatable bonds is 4. The van der Waals surface area contributed by atoms with Gasteiger partial charge in [-0.15, -0.1) is 0 Å². The number of hydrogen-bond acceptors (Lipinski definition) is 5. The average molecular weight is 356 g/mol. The number of thioether (sulfide) groups is 1. The average Bonchev–Trinajstić information content (AvgIpc) is 2.85. The monoisotopic (exact) mass is 356 g/mol. The molecular weight excluding hydrogens is 344 g/mol. The summed E-state index contributed by atoms with van der Waals surface area (Å²) in [6.07, 6.45) is 5.16. The van der Waals surface area contributed by atoms with E-state index >= 15 is 0 Å². The second-order valence-corrected chi connectivity index (χ2v) is 6.69. The van der Waals surface area contributed by atoms with Gasteiger partial charge in [-0.2, -0.15) is 0 Å². The van der Waals surface area contributed by atoms with Gasteiger partial charge in [0.25, 0.3) is 5.91 Å². The third-order valence-electron chi connectivity index (χ3n) is 3.46. The molecule has 0 saturated carbocycles. The Morgan fingerprint density at radius 3 is 2.50 bits per heavy atom. The number of aliphatic carboxylic acids is 1. The number of carbonyl (C=O) groups excluding carboxylic acids is 2. The smallest absolute Gasteiger partial charge is 0.267 e. The molecule has 0 radical (unpaired) electrons. The summed E-state index contributed by atoms with van der Waals surface area (Å²) in [4.78, 5) is 28.7. The van der Waals surface area contributed by atoms with Crippen LogP contribution < -0.4 is 10.1 Å². The van der Waals surface area contributed by atoms with Crippen molar-refractivity contribution in [2.24, 2.45) is 0 Å². The molecule has 1 amide bonds. The third-order valence-corrected chi connectivity index (χ3v) is 4.79. The number of thiocarbonyl (C=S) groups is 1. The number of pyridine rings is 1. The summed E-state index contributed by atoms with van der Waals surface area (Å²) >= 11 is 6.32. The van der Waals surface area contributed by atoms with Crippen molar-refractivity contribution in [1.29, 1.82) is 0 Å². The molecule has 1 atom stereocenters. The Labute approximate surface area is 148 Å². The quantitative estimate of drug-likeness (QED) is 0.608. The normalized spacial score (nSPS) is 17.3. The minimum Gasteiger partial charge on any atom is -0.547 e. The second kappa shape index (κ2) is 6.94. The molecule has 3 rings (SSSR count). The lowest BCUT2D eigenvalue weighted by Gasteiger charge is -2.27. The van der Waals surface area contributed by atoms with Crippen molar-refractivity contribution < 1.29 is 19.7 Å². The van der Waals surface area contributed by atoms with Gasteiger partial charge >= 0.3 is 0 Å². The predicted octanol–water partition coefficient (Wildman–Crippen LogP) is 1.19. The molecule has 1 aliphatic rings. The number of nitrogens with one attached hydrogen (secondary N) is 1. The van der Waals surface area contributed by atoms with E-state index in [1.54, 1.807) is 60.9 Å². The molecule has 1 aliphatic heterocycles. The van der Waals surface area contributed by atoms with E-state index in [0.717, 1.165) is 22.2 Å². The largest absolute Gasteiger partial charge is 0.547 e. The first-order chi connectivity index (χ1) is 11.6. The van der Waals surface area contributed by atoms with Crippen molar-refractivity contribution in [2.75, 3.05) is 0 Å². The number of H-pyrrole nitrogens is 1. The molecule has 0 spiro atoms. The first kappa shape index (κ1) is 16.4. The molecule has 0 aliphatic carbocycles. The summed E-state index contributed by atoms with van der Waals surface area (Å²) in [6.45, 7) is 0. The van der Waals surface area contributed by atoms with Gasteiger partial charge in [0.05, 0.1) is 10.9 Å². The van der Waals surface area contributed by atoms with Gasteiger partial charge < -0.3 is 9.90 Å². The highest BCUT2D eigenvalue weighted by Gasteiger charge is 2.38. The molecule has 0 bridgehead atoms. The Hall–Kier alpha value is -2.51. The second-order valence-electron chi connectivity index (χ2n) is 5.02. The minimum atomic E-state index is -1.37. The maximum absolute atomic E-state index is 12.7. The van der Waals surface area contributed by atoms with E-state index in [2.05, 4.69) is 4.98 Å². The highest BCUT2D eigenvalue weighted by atomic mass is 32.2. The molecular formula is C17H12N2O3S2. The fraction of sp³-hybridized carbons (Fsp3) is 0.0588. The molecule has 5 nitrogen and oxygen atoms in total. The predicted molar refractivity (Wildman–Crippen MR) is 92.2 cm³/mol. The minimum absolute atomic E-state index is 0.201. The van der Waals surface area contributed by atoms with Crippen molar-refractivity contribution in [3.63, 3.8) is 0 Å². The summed E-state index contributed by atoms with van der Waals surface area (Å²) in [6, 6.07) is 10.8. The van der Waals surface area contributed by atoms with Crippen molar-refractivity contribution in [3.8, 4) is 0 Å². The SMILES string of the molecule is O=C([O-])C(c1ccccc1)N1C(=O)C(=Cc2cc[nH+]cc2)SC1=S. The highest BCUT2D eigenvalue weighted by Crippen LogP contribution is 2.37. The van der Waals surface area contributed by atoms with Crippen molar-refractivity contribution in [1.82, 2.24) is 4.90 Å². The van der Waals surface area contributed by atoms with E-state index in [9.17, 15) is 14.7 Å². The van der Waals surface area contributed by atoms with E-state index in [-0.39, 0.29) is 4.32 Å². The molecule has 1 unspecified atom stereocenters. The van der Waals surface area contributed by atoms with Gasteiger partial charge in [0.2, 0.25) is 0 Å². The van der Waals surface area contributed by atoms with Crippen molar-refractivity contribution in [3.05, 3.63) is 70.9 Å². The van der Waals surface area contributed by atoms with Crippen LogP contribution in [0.3, 0.4) is 0 Å². The van der Waals surface area contributed by atoms with Crippen LogP contribution in [0.15, 0.2) is 59.8 Å². The molecule has 2 heterocycles. The van der Waals surface area contributed by atoms with E-state index in [4.69, 9.17) is 12.2 Å². The van der Waals surface area contributed by atoms with Crippen LogP contribution in [-0.2, 0) is 9.59 Å². The zero-order valence-electron chi connectivity index (χ0n) is 12.3. The van der Waals surface area contributed by atoms with Crippen LogP contribution >= 0.6 is 24.0 Å². The van der Waals surface area contributed by atoms with Crippen LogP contribution in [0.1, 0.15) is 17.2 Å². The molecule has 7 heteroatoms. The number of nitrogens with zero attached hydrogens (tertiary/aromatic N) is 1. The van der Waals surface area contributed by atoms with Crippen LogP contribution in [0.4, 0.5) is 0 Å². The molecule has 1 aromatic carbocycles. The van der Waals surface area contributed by atoms with Gasteiger partial charge in [-0.05, 0) is 17.2 Å². The van der Waals surface area contributed by atoms with E-state index in [1.807, 2.05) is 0 Å². The van der Waals surface area contributed by atoms with Crippen molar-refractivity contribution >= 4 is 46.3 Å². The Balaban J connectivity index is 1.96. The number of aromatic amines is 1. The van der Waals surface area contributed by atoms with Gasteiger partial charge in [0.1, 0.15) is 10.4 Å². The number of hydrogen-bond donors (Lipinski definition) is 0. The Morgan fingerprint density at radius 2 is 1.88 bits per heavy atom. The Morgan fingerprint density at radius 1 is 1.21 bits per heavy atom. The maximum atomic E-state index is 12.7. The van der Waals surface area contributed by atoms with Gasteiger partial charge in [-0.25, -0.2) is 4.98 Å². The Bertz CT molecular complexity index is 822. The maximum Gasteiger partial charge on any atom is 0.267 e. The fourth-order valence-corrected chi connectivity index (χ4v) is 3.69.